The number of anilines is 2. The lowest BCUT2D eigenvalue weighted by Gasteiger charge is -2.38. The average molecular weight is 599 g/mol. The molecule has 1 amide bonds. The molecule has 12 heteroatoms. The molecule has 41 heavy (non-hydrogen) atoms. The highest BCUT2D eigenvalue weighted by molar-refractivity contribution is 7.17. The first-order chi connectivity index (χ1) is 21.8. The number of fused-ring (bicyclic) bond motifs is 1. The molecular weight excluding hydrogens is 561 g/mol. The Balaban J connectivity index is 1.35. The van der Waals surface area contributed by atoms with Crippen molar-refractivity contribution in [2.45, 2.75) is 45.1 Å². The molecule has 0 saturated carbocycles. The fourth-order valence-corrected chi connectivity index (χ4v) is 7.37. The van der Waals surface area contributed by atoms with Gasteiger partial charge in [0.15, 0.2) is 10.1 Å². The minimum Gasteiger partial charge on any atom is -0.389 e. The highest BCUT2D eigenvalue weighted by Gasteiger charge is 2.32. The number of aryl methyl sites for hydroxylation is 1. The zero-order chi connectivity index (χ0) is 33.0. The smallest absolute Gasteiger partial charge is 0.236 e. The topological polar surface area (TPSA) is 101 Å². The summed E-state index contributed by atoms with van der Waals surface area (Å²) in [6.07, 6.45) is 3.44. The van der Waals surface area contributed by atoms with Crippen LogP contribution in [0.15, 0.2) is 30.5 Å². The second-order valence-electron chi connectivity index (χ2n) is 10.3. The van der Waals surface area contributed by atoms with E-state index in [9.17, 15) is 19.6 Å². The number of aliphatic hydroxyl groups excluding tert-OH is 1. The molecule has 2 aliphatic heterocycles. The predicted octanol–water partition coefficient (Wildman–Crippen LogP) is 4.63. The molecule has 3 aromatic heterocycles. The minimum absolute atomic E-state index is 0.0167. The number of nitrogens with zero attached hydrogens (tertiary/aromatic N) is 7. The van der Waals surface area contributed by atoms with E-state index in [1.54, 1.807) is 9.30 Å². The maximum Gasteiger partial charge on any atom is 0.236 e. The molecule has 4 aromatic rings. The second kappa shape index (κ2) is 11.5. The van der Waals surface area contributed by atoms with Gasteiger partial charge < -0.3 is 14.9 Å². The Kier molecular flexibility index (Phi) is 6.23. The predicted molar refractivity (Wildman–Crippen MR) is 158 cm³/mol. The van der Waals surface area contributed by atoms with Crippen LogP contribution in [0.1, 0.15) is 54.8 Å². The van der Waals surface area contributed by atoms with E-state index >= 15 is 0 Å². The lowest BCUT2D eigenvalue weighted by atomic mass is 9.95. The Morgan fingerprint density at radius 2 is 2.02 bits per heavy atom. The summed E-state index contributed by atoms with van der Waals surface area (Å²) in [6.45, 7) is -1.67. The molecule has 0 atom stereocenters. The number of aromatic nitrogens is 3. The van der Waals surface area contributed by atoms with Gasteiger partial charge in [-0.25, -0.2) is 14.4 Å². The van der Waals surface area contributed by atoms with Gasteiger partial charge in [-0.15, -0.1) is 11.3 Å². The van der Waals surface area contributed by atoms with Crippen molar-refractivity contribution in [1.82, 2.24) is 24.2 Å². The average Bonchev–Trinajstić information content (AvgIpc) is 3.69. The summed E-state index contributed by atoms with van der Waals surface area (Å²) >= 11 is 2.33. The van der Waals surface area contributed by atoms with Gasteiger partial charge in [0.1, 0.15) is 28.3 Å². The molecule has 0 radical (unpaired) electrons. The Morgan fingerprint density at radius 3 is 2.68 bits per heavy atom. The van der Waals surface area contributed by atoms with Gasteiger partial charge in [-0.3, -0.25) is 14.1 Å². The Labute approximate surface area is 253 Å². The van der Waals surface area contributed by atoms with Gasteiger partial charge in [0.25, 0.3) is 0 Å². The zero-order valence-electron chi connectivity index (χ0n) is 27.4. The van der Waals surface area contributed by atoms with E-state index in [4.69, 9.17) is 11.8 Å². The zero-order valence-corrected chi connectivity index (χ0v) is 24.0. The van der Waals surface area contributed by atoms with Gasteiger partial charge in [0.2, 0.25) is 5.91 Å². The molecular formula is C29H32FN7O2S2. The van der Waals surface area contributed by atoms with Crippen molar-refractivity contribution in [2.24, 2.45) is 0 Å². The monoisotopic (exact) mass is 598 g/mol. The fraction of sp³-hybridized carbons (Fsp3) is 0.448. The van der Waals surface area contributed by atoms with E-state index in [-0.39, 0.29) is 33.3 Å². The SMILES string of the molecule is [2H]C([2H])([2H])C([2H])([2H])N(c1nc(-c2ccc(F)cc2)c(C#N)s1)c1c(CC)nc2sc(C3CCN(CC(=O)N4CC(O)C4)CC3)cn12. The first-order valence-electron chi connectivity index (χ1n) is 16.0. The van der Waals surface area contributed by atoms with Gasteiger partial charge in [-0.05, 0) is 69.4 Å². The Morgan fingerprint density at radius 1 is 1.27 bits per heavy atom. The molecule has 214 valence electrons. The van der Waals surface area contributed by atoms with Gasteiger partial charge in [-0.1, -0.05) is 18.3 Å². The highest BCUT2D eigenvalue weighted by Crippen LogP contribution is 2.40. The third-order valence-electron chi connectivity index (χ3n) is 7.64. The Bertz CT molecular complexity index is 1790. The lowest BCUT2D eigenvalue weighted by molar-refractivity contribution is -0.142. The van der Waals surface area contributed by atoms with Crippen LogP contribution in [-0.4, -0.2) is 80.5 Å². The largest absolute Gasteiger partial charge is 0.389 e. The fourth-order valence-electron chi connectivity index (χ4n) is 5.36. The summed E-state index contributed by atoms with van der Waals surface area (Å²) in [5.41, 5.74) is 1.12. The molecule has 0 bridgehead atoms. The third kappa shape index (κ3) is 5.35. The van der Waals surface area contributed by atoms with E-state index in [1.165, 1.54) is 35.6 Å². The van der Waals surface area contributed by atoms with E-state index in [0.717, 1.165) is 47.0 Å². The summed E-state index contributed by atoms with van der Waals surface area (Å²) in [7, 11) is 0. The number of carbonyl (C=O) groups is 1. The summed E-state index contributed by atoms with van der Waals surface area (Å²) in [4.78, 5) is 28.4. The van der Waals surface area contributed by atoms with Crippen LogP contribution in [0.2, 0.25) is 0 Å². The van der Waals surface area contributed by atoms with Crippen molar-refractivity contribution >= 4 is 44.5 Å². The molecule has 1 aromatic carbocycles. The van der Waals surface area contributed by atoms with Crippen molar-refractivity contribution in [3.05, 3.63) is 51.7 Å². The Hall–Kier alpha value is -3.37. The number of likely N-dealkylation sites (tertiary alicyclic amines) is 2. The molecule has 5 heterocycles. The molecule has 2 fully saturated rings. The summed E-state index contributed by atoms with van der Waals surface area (Å²) < 4.78 is 57.6. The number of rotatable bonds is 8. The van der Waals surface area contributed by atoms with Crippen molar-refractivity contribution in [2.75, 3.05) is 44.1 Å². The molecule has 2 aliphatic rings. The number of thiazole rings is 2. The summed E-state index contributed by atoms with van der Waals surface area (Å²) in [6, 6.07) is 7.48. The van der Waals surface area contributed by atoms with Crippen LogP contribution in [-0.2, 0) is 11.2 Å². The number of hydrogen-bond donors (Lipinski definition) is 1. The van der Waals surface area contributed by atoms with Crippen molar-refractivity contribution < 1.29 is 21.1 Å². The van der Waals surface area contributed by atoms with Crippen LogP contribution in [0.4, 0.5) is 15.3 Å². The third-order valence-corrected chi connectivity index (χ3v) is 9.73. The molecule has 6 rings (SSSR count). The molecule has 2 saturated heterocycles. The van der Waals surface area contributed by atoms with Crippen LogP contribution in [0.5, 0.6) is 0 Å². The number of imidazole rings is 1. The van der Waals surface area contributed by atoms with Gasteiger partial charge in [-0.2, -0.15) is 5.26 Å². The van der Waals surface area contributed by atoms with Crippen LogP contribution < -0.4 is 4.90 Å². The van der Waals surface area contributed by atoms with Gasteiger partial charge >= 0.3 is 0 Å². The molecule has 0 unspecified atom stereocenters. The number of benzene rings is 1. The number of carbonyl (C=O) groups excluding carboxylic acids is 1. The molecule has 0 spiro atoms. The van der Waals surface area contributed by atoms with E-state index in [0.29, 0.717) is 42.3 Å². The van der Waals surface area contributed by atoms with E-state index in [1.807, 2.05) is 13.1 Å². The quantitative estimate of drug-likeness (QED) is 0.316. The van der Waals surface area contributed by atoms with Crippen LogP contribution >= 0.6 is 22.7 Å². The van der Waals surface area contributed by atoms with Crippen molar-refractivity contribution in [1.29, 1.82) is 5.26 Å². The number of amides is 1. The van der Waals surface area contributed by atoms with E-state index < -0.39 is 25.3 Å². The van der Waals surface area contributed by atoms with Gasteiger partial charge in [0, 0.05) is 43.1 Å². The van der Waals surface area contributed by atoms with Crippen LogP contribution in [0.25, 0.3) is 16.2 Å². The number of piperidine rings is 1. The lowest BCUT2D eigenvalue weighted by Crippen LogP contribution is -2.56. The maximum atomic E-state index is 13.6. The van der Waals surface area contributed by atoms with E-state index in [2.05, 4.69) is 16.0 Å². The number of hydrogen-bond acceptors (Lipinski definition) is 9. The first-order valence-corrected chi connectivity index (χ1v) is 15.1. The minimum atomic E-state index is -3.10. The standard InChI is InChI=1S/C29H32FN7O2S2/c1-3-22-27(36(4-2)29-33-26(23(13-31)40-29)19-5-7-20(30)8-6-19)37-16-24(41-28(37)32-22)18-9-11-34(12-10-18)17-25(39)35-14-21(38)15-35/h5-8,16,18,21,38H,3-4,9-12,14-15,17H2,1-2H3/i2D3,4D2. The number of nitriles is 1. The highest BCUT2D eigenvalue weighted by atomic mass is 32.1. The summed E-state index contributed by atoms with van der Waals surface area (Å²) in [5, 5.41) is 19.4. The van der Waals surface area contributed by atoms with Crippen LogP contribution in [0, 0.1) is 17.1 Å². The number of β-amino-alcohol motifs (C(OH)–C–C–N with tert-alkyl or cyclic N) is 1. The van der Waals surface area contributed by atoms with Crippen molar-refractivity contribution in [3.63, 3.8) is 0 Å². The molecule has 1 N–H and O–H groups in total. The first kappa shape index (κ1) is 22.3. The number of aliphatic hydroxyl groups is 1. The van der Waals surface area contributed by atoms with Crippen molar-refractivity contribution in [3.8, 4) is 17.3 Å². The molecule has 9 nitrogen and oxygen atoms in total. The molecule has 0 aliphatic carbocycles. The van der Waals surface area contributed by atoms with Crippen LogP contribution in [0.3, 0.4) is 0 Å². The normalized spacial score (nSPS) is 19.2. The second-order valence-corrected chi connectivity index (χ2v) is 12.3. The maximum absolute atomic E-state index is 13.6. The van der Waals surface area contributed by atoms with Gasteiger partial charge in [0.05, 0.1) is 18.3 Å². The number of halogens is 1. The summed E-state index contributed by atoms with van der Waals surface area (Å²) in [5.74, 6) is -0.0512.